The summed E-state index contributed by atoms with van der Waals surface area (Å²) in [6.07, 6.45) is 1.15. The van der Waals surface area contributed by atoms with Gasteiger partial charge in [0.1, 0.15) is 11.9 Å². The van der Waals surface area contributed by atoms with E-state index in [9.17, 15) is 9.59 Å². The van der Waals surface area contributed by atoms with Gasteiger partial charge in [0.05, 0.1) is 17.8 Å². The summed E-state index contributed by atoms with van der Waals surface area (Å²) >= 11 is 7.50. The van der Waals surface area contributed by atoms with E-state index in [4.69, 9.17) is 21.1 Å². The van der Waals surface area contributed by atoms with Gasteiger partial charge in [0.15, 0.2) is 5.13 Å². The maximum absolute atomic E-state index is 12.7. The van der Waals surface area contributed by atoms with Crippen molar-refractivity contribution in [2.45, 2.75) is 18.9 Å². The van der Waals surface area contributed by atoms with E-state index in [1.807, 2.05) is 11.4 Å². The smallest absolute Gasteiger partial charge is 0.257 e. The molecule has 1 aliphatic rings. The molecular formula is C22H20ClN3O4S. The lowest BCUT2D eigenvalue weighted by molar-refractivity contribution is -0.124. The molecular weight excluding hydrogens is 438 g/mol. The van der Waals surface area contributed by atoms with Crippen LogP contribution < -0.4 is 15.4 Å². The molecule has 0 spiro atoms. The van der Waals surface area contributed by atoms with Gasteiger partial charge in [0, 0.05) is 28.8 Å². The Morgan fingerprint density at radius 2 is 2.10 bits per heavy atom. The Kier molecular flexibility index (Phi) is 6.50. The van der Waals surface area contributed by atoms with Gasteiger partial charge in [0.2, 0.25) is 0 Å². The Morgan fingerprint density at radius 3 is 2.84 bits per heavy atom. The number of thiazole rings is 1. The Morgan fingerprint density at radius 1 is 1.23 bits per heavy atom. The van der Waals surface area contributed by atoms with Gasteiger partial charge in [-0.2, -0.15) is 0 Å². The zero-order chi connectivity index (χ0) is 21.8. The number of nitrogens with zero attached hydrogens (tertiary/aromatic N) is 1. The molecule has 1 fully saturated rings. The molecule has 0 aliphatic carbocycles. The summed E-state index contributed by atoms with van der Waals surface area (Å²) in [5.41, 5.74) is 2.47. The second-order valence-electron chi connectivity index (χ2n) is 6.91. The van der Waals surface area contributed by atoms with Crippen molar-refractivity contribution in [1.82, 2.24) is 4.98 Å². The molecule has 0 radical (unpaired) electrons. The van der Waals surface area contributed by atoms with E-state index >= 15 is 0 Å². The predicted molar refractivity (Wildman–Crippen MR) is 121 cm³/mol. The quantitative estimate of drug-likeness (QED) is 0.552. The van der Waals surface area contributed by atoms with E-state index in [1.54, 1.807) is 43.5 Å². The van der Waals surface area contributed by atoms with Gasteiger partial charge in [-0.3, -0.25) is 14.9 Å². The third-order valence-corrected chi connectivity index (χ3v) is 5.84. The summed E-state index contributed by atoms with van der Waals surface area (Å²) in [5, 5.41) is 8.38. The van der Waals surface area contributed by atoms with Crippen LogP contribution >= 0.6 is 22.9 Å². The number of halogens is 1. The summed E-state index contributed by atoms with van der Waals surface area (Å²) in [6.45, 7) is 0.596. The zero-order valence-electron chi connectivity index (χ0n) is 16.7. The van der Waals surface area contributed by atoms with Crippen LogP contribution in [0.3, 0.4) is 0 Å². The molecule has 2 aromatic carbocycles. The highest BCUT2D eigenvalue weighted by Gasteiger charge is 2.23. The SMILES string of the molecule is COc1ccc(-c2csc(NC(=O)c3cccc(NC(=O)C4CCCO4)c3)n2)cc1Cl. The molecule has 2 N–H and O–H groups in total. The first-order valence-corrected chi connectivity index (χ1v) is 10.9. The molecule has 0 saturated carbocycles. The van der Waals surface area contributed by atoms with Crippen LogP contribution in [-0.2, 0) is 9.53 Å². The molecule has 1 aromatic heterocycles. The standard InChI is InChI=1S/C22H20ClN3O4S/c1-29-18-8-7-13(11-16(18)23)17-12-31-22(25-17)26-20(27)14-4-2-5-15(10-14)24-21(28)19-6-3-9-30-19/h2,4-5,7-8,10-12,19H,3,6,9H2,1H3,(H,24,28)(H,25,26,27). The van der Waals surface area contributed by atoms with Crippen molar-refractivity contribution in [3.63, 3.8) is 0 Å². The first kappa shape index (κ1) is 21.3. The maximum Gasteiger partial charge on any atom is 0.257 e. The largest absolute Gasteiger partial charge is 0.495 e. The van der Waals surface area contributed by atoms with Gasteiger partial charge >= 0.3 is 0 Å². The third-order valence-electron chi connectivity index (χ3n) is 4.79. The average molecular weight is 458 g/mol. The molecule has 3 aromatic rings. The summed E-state index contributed by atoms with van der Waals surface area (Å²) in [5.74, 6) is 0.0697. The van der Waals surface area contributed by atoms with Crippen LogP contribution in [0.1, 0.15) is 23.2 Å². The molecule has 1 unspecified atom stereocenters. The van der Waals surface area contributed by atoms with E-state index in [1.165, 1.54) is 11.3 Å². The minimum Gasteiger partial charge on any atom is -0.495 e. The Balaban J connectivity index is 1.43. The van der Waals surface area contributed by atoms with Gasteiger partial charge in [0.25, 0.3) is 11.8 Å². The van der Waals surface area contributed by atoms with Crippen LogP contribution in [-0.4, -0.2) is 36.6 Å². The number of carbonyl (C=O) groups excluding carboxylic acids is 2. The highest BCUT2D eigenvalue weighted by molar-refractivity contribution is 7.14. The first-order chi connectivity index (χ1) is 15.0. The Bertz CT molecular complexity index is 1110. The fraction of sp³-hybridized carbons (Fsp3) is 0.227. The van der Waals surface area contributed by atoms with E-state index in [2.05, 4.69) is 15.6 Å². The van der Waals surface area contributed by atoms with Gasteiger partial charge in [-0.05, 0) is 49.2 Å². The first-order valence-electron chi connectivity index (χ1n) is 9.67. The van der Waals surface area contributed by atoms with E-state index in [0.717, 1.165) is 12.0 Å². The number of benzene rings is 2. The van der Waals surface area contributed by atoms with Crippen LogP contribution in [0.15, 0.2) is 47.8 Å². The van der Waals surface area contributed by atoms with Gasteiger partial charge < -0.3 is 14.8 Å². The Labute approximate surface area is 188 Å². The molecule has 0 bridgehead atoms. The molecule has 1 saturated heterocycles. The molecule has 9 heteroatoms. The number of hydrogen-bond acceptors (Lipinski definition) is 6. The highest BCUT2D eigenvalue weighted by atomic mass is 35.5. The van der Waals surface area contributed by atoms with Gasteiger partial charge in [-0.15, -0.1) is 11.3 Å². The van der Waals surface area contributed by atoms with Crippen molar-refractivity contribution in [2.24, 2.45) is 0 Å². The lowest BCUT2D eigenvalue weighted by Gasteiger charge is -2.11. The molecule has 2 heterocycles. The van der Waals surface area contributed by atoms with Crippen molar-refractivity contribution in [1.29, 1.82) is 0 Å². The summed E-state index contributed by atoms with van der Waals surface area (Å²) < 4.78 is 10.6. The lowest BCUT2D eigenvalue weighted by atomic mass is 10.1. The number of hydrogen-bond donors (Lipinski definition) is 2. The van der Waals surface area contributed by atoms with Crippen molar-refractivity contribution in [3.8, 4) is 17.0 Å². The number of nitrogens with one attached hydrogen (secondary N) is 2. The summed E-state index contributed by atoms with van der Waals surface area (Å²) in [4.78, 5) is 29.4. The van der Waals surface area contributed by atoms with Crippen LogP contribution in [0.4, 0.5) is 10.8 Å². The van der Waals surface area contributed by atoms with Crippen LogP contribution in [0.25, 0.3) is 11.3 Å². The highest BCUT2D eigenvalue weighted by Crippen LogP contribution is 2.32. The van der Waals surface area contributed by atoms with E-state index in [0.29, 0.717) is 45.9 Å². The molecule has 1 aliphatic heterocycles. The van der Waals surface area contributed by atoms with Gasteiger partial charge in [-0.25, -0.2) is 4.98 Å². The molecule has 1 atom stereocenters. The van der Waals surface area contributed by atoms with E-state index < -0.39 is 6.10 Å². The van der Waals surface area contributed by atoms with Crippen LogP contribution in [0, 0.1) is 0 Å². The minimum absolute atomic E-state index is 0.197. The zero-order valence-corrected chi connectivity index (χ0v) is 18.3. The normalized spacial score (nSPS) is 15.5. The van der Waals surface area contributed by atoms with E-state index in [-0.39, 0.29) is 11.8 Å². The van der Waals surface area contributed by atoms with Crippen molar-refractivity contribution in [2.75, 3.05) is 24.4 Å². The number of anilines is 2. The molecule has 7 nitrogen and oxygen atoms in total. The number of methoxy groups -OCH3 is 1. The molecule has 160 valence electrons. The number of amides is 2. The number of carbonyl (C=O) groups is 2. The predicted octanol–water partition coefficient (Wildman–Crippen LogP) is 4.84. The maximum atomic E-state index is 12.7. The van der Waals surface area contributed by atoms with Crippen molar-refractivity contribution in [3.05, 3.63) is 58.4 Å². The number of aromatic nitrogens is 1. The molecule has 4 rings (SSSR count). The molecule has 31 heavy (non-hydrogen) atoms. The average Bonchev–Trinajstić information content (AvgIpc) is 3.46. The fourth-order valence-corrected chi connectivity index (χ4v) is 4.18. The number of rotatable bonds is 6. The molecule has 2 amide bonds. The Hall–Kier alpha value is -2.94. The lowest BCUT2D eigenvalue weighted by Crippen LogP contribution is -2.27. The monoisotopic (exact) mass is 457 g/mol. The third kappa shape index (κ3) is 5.04. The van der Waals surface area contributed by atoms with Crippen molar-refractivity contribution < 1.29 is 19.1 Å². The fourth-order valence-electron chi connectivity index (χ4n) is 3.20. The summed E-state index contributed by atoms with van der Waals surface area (Å²) in [7, 11) is 1.56. The van der Waals surface area contributed by atoms with Crippen LogP contribution in [0.2, 0.25) is 5.02 Å². The van der Waals surface area contributed by atoms with Gasteiger partial charge in [-0.1, -0.05) is 17.7 Å². The second-order valence-corrected chi connectivity index (χ2v) is 8.18. The summed E-state index contributed by atoms with van der Waals surface area (Å²) in [6, 6.07) is 12.1. The van der Waals surface area contributed by atoms with Crippen LogP contribution in [0.5, 0.6) is 5.75 Å². The number of ether oxygens (including phenoxy) is 2. The van der Waals surface area contributed by atoms with Crippen molar-refractivity contribution >= 4 is 45.6 Å². The minimum atomic E-state index is -0.433. The topological polar surface area (TPSA) is 89.6 Å². The second kappa shape index (κ2) is 9.47.